The molecule has 0 heterocycles. The molecule has 0 aromatic carbocycles. The molecule has 2 N–H and O–H groups in total. The fourth-order valence-corrected chi connectivity index (χ4v) is 1.11. The van der Waals surface area contributed by atoms with Gasteiger partial charge in [-0.1, -0.05) is 11.5 Å². The molecule has 0 saturated heterocycles. The zero-order valence-corrected chi connectivity index (χ0v) is 8.62. The molecule has 0 atom stereocenters. The third-order valence-electron chi connectivity index (χ3n) is 1.81. The number of ether oxygens (including phenoxy) is 1. The molecule has 1 rings (SSSR count). The maximum atomic E-state index is 11.1. The molecule has 0 spiro atoms. The van der Waals surface area contributed by atoms with Gasteiger partial charge < -0.3 is 10.5 Å². The molecule has 0 aromatic heterocycles. The maximum Gasteiger partial charge on any atom is 0.330 e. The summed E-state index contributed by atoms with van der Waals surface area (Å²) in [6.45, 7) is 2.52. The molecular formula is C12H13NO2. The van der Waals surface area contributed by atoms with Crippen LogP contribution in [0, 0.1) is 0 Å². The van der Waals surface area contributed by atoms with Gasteiger partial charge in [-0.25, -0.2) is 4.79 Å². The SMILES string of the molecule is CCOC(=O)/C=C/C1=CC=C=C=C1CN. The van der Waals surface area contributed by atoms with E-state index >= 15 is 0 Å². The fourth-order valence-electron chi connectivity index (χ4n) is 1.11. The highest BCUT2D eigenvalue weighted by Gasteiger charge is 2.01. The maximum absolute atomic E-state index is 11.1. The summed E-state index contributed by atoms with van der Waals surface area (Å²) < 4.78 is 4.76. The van der Waals surface area contributed by atoms with Gasteiger partial charge in [0.05, 0.1) is 6.61 Å². The molecule has 15 heavy (non-hydrogen) atoms. The number of carbonyl (C=O) groups is 1. The van der Waals surface area contributed by atoms with E-state index in [9.17, 15) is 4.79 Å². The van der Waals surface area contributed by atoms with E-state index in [1.165, 1.54) is 6.08 Å². The molecule has 0 saturated carbocycles. The summed E-state index contributed by atoms with van der Waals surface area (Å²) in [5.74, 6) is -0.353. The first kappa shape index (κ1) is 11.3. The number of hydrogen-bond acceptors (Lipinski definition) is 3. The lowest BCUT2D eigenvalue weighted by atomic mass is 10.0. The van der Waals surface area contributed by atoms with Gasteiger partial charge in [-0.3, -0.25) is 0 Å². The highest BCUT2D eigenvalue weighted by molar-refractivity contribution is 5.82. The van der Waals surface area contributed by atoms with Gasteiger partial charge in [0.1, 0.15) is 0 Å². The molecule has 0 amide bonds. The molecule has 0 radical (unpaired) electrons. The normalized spacial score (nSPS) is 14.0. The highest BCUT2D eigenvalue weighted by atomic mass is 16.5. The molecule has 0 aromatic rings. The Morgan fingerprint density at radius 3 is 3.13 bits per heavy atom. The van der Waals surface area contributed by atoms with Crippen LogP contribution in [0.5, 0.6) is 0 Å². The van der Waals surface area contributed by atoms with E-state index < -0.39 is 0 Å². The number of carbonyl (C=O) groups excluding carboxylic acids is 1. The second kappa shape index (κ2) is 5.84. The van der Waals surface area contributed by atoms with Crippen molar-refractivity contribution in [3.05, 3.63) is 46.9 Å². The lowest BCUT2D eigenvalue weighted by Gasteiger charge is -2.03. The van der Waals surface area contributed by atoms with Crippen molar-refractivity contribution in [1.29, 1.82) is 0 Å². The monoisotopic (exact) mass is 203 g/mol. The summed E-state index contributed by atoms with van der Waals surface area (Å²) in [4.78, 5) is 11.1. The van der Waals surface area contributed by atoms with Gasteiger partial charge in [-0.15, -0.1) is 0 Å². The fraction of sp³-hybridized carbons (Fsp3) is 0.250. The third kappa shape index (κ3) is 3.45. The standard InChI is InChI=1S/C12H13NO2/c1-2-15-12(14)8-7-10-5-3-4-6-11(10)9-13/h3,5,7-8H,2,9,13H2,1H3/b8-7+. The number of esters is 1. The van der Waals surface area contributed by atoms with Crippen LogP contribution in [0.3, 0.4) is 0 Å². The van der Waals surface area contributed by atoms with Gasteiger partial charge >= 0.3 is 5.97 Å². The first-order chi connectivity index (χ1) is 7.27. The number of nitrogens with two attached hydrogens (primary N) is 1. The summed E-state index contributed by atoms with van der Waals surface area (Å²) in [6.07, 6.45) is 6.61. The Kier molecular flexibility index (Phi) is 4.39. The lowest BCUT2D eigenvalue weighted by Crippen LogP contribution is -2.05. The van der Waals surface area contributed by atoms with Crippen molar-refractivity contribution in [3.63, 3.8) is 0 Å². The highest BCUT2D eigenvalue weighted by Crippen LogP contribution is 2.11. The first-order valence-electron chi connectivity index (χ1n) is 4.74. The van der Waals surface area contributed by atoms with Crippen LogP contribution in [0.1, 0.15) is 6.92 Å². The van der Waals surface area contributed by atoms with Crippen molar-refractivity contribution in [2.75, 3.05) is 13.2 Å². The van der Waals surface area contributed by atoms with Crippen LogP contribution in [-0.4, -0.2) is 19.1 Å². The molecule has 3 nitrogen and oxygen atoms in total. The number of rotatable bonds is 4. The van der Waals surface area contributed by atoms with Gasteiger partial charge in [-0.2, -0.15) is 0 Å². The van der Waals surface area contributed by atoms with E-state index in [-0.39, 0.29) is 5.97 Å². The van der Waals surface area contributed by atoms with E-state index in [4.69, 9.17) is 10.5 Å². The van der Waals surface area contributed by atoms with Crippen LogP contribution in [-0.2, 0) is 9.53 Å². The Morgan fingerprint density at radius 1 is 1.67 bits per heavy atom. The quantitative estimate of drug-likeness (QED) is 0.425. The zero-order valence-electron chi connectivity index (χ0n) is 8.62. The second-order valence-electron chi connectivity index (χ2n) is 2.83. The Hall–Kier alpha value is -1.79. The van der Waals surface area contributed by atoms with Gasteiger partial charge in [0.15, 0.2) is 0 Å². The van der Waals surface area contributed by atoms with E-state index in [1.54, 1.807) is 19.1 Å². The van der Waals surface area contributed by atoms with E-state index in [0.29, 0.717) is 13.2 Å². The summed E-state index contributed by atoms with van der Waals surface area (Å²) >= 11 is 0. The topological polar surface area (TPSA) is 52.3 Å². The molecular weight excluding hydrogens is 190 g/mol. The minimum Gasteiger partial charge on any atom is -0.463 e. The smallest absolute Gasteiger partial charge is 0.330 e. The summed E-state index contributed by atoms with van der Waals surface area (Å²) in [5, 5.41) is 0. The molecule has 0 fully saturated rings. The Balaban J connectivity index is 2.69. The molecule has 3 heteroatoms. The van der Waals surface area contributed by atoms with E-state index in [1.807, 2.05) is 6.08 Å². The second-order valence-corrected chi connectivity index (χ2v) is 2.83. The molecule has 0 aliphatic heterocycles. The van der Waals surface area contributed by atoms with E-state index in [0.717, 1.165) is 11.1 Å². The number of allylic oxidation sites excluding steroid dienone is 3. The van der Waals surface area contributed by atoms with Crippen LogP contribution in [0.4, 0.5) is 0 Å². The molecule has 78 valence electrons. The minimum absolute atomic E-state index is 0.353. The summed E-state index contributed by atoms with van der Waals surface area (Å²) in [5.41, 5.74) is 12.9. The van der Waals surface area contributed by atoms with Gasteiger partial charge in [0.2, 0.25) is 0 Å². The number of hydrogen-bond donors (Lipinski definition) is 1. The molecule has 0 bridgehead atoms. The van der Waals surface area contributed by atoms with Crippen molar-refractivity contribution in [1.82, 2.24) is 0 Å². The predicted molar refractivity (Wildman–Crippen MR) is 58.0 cm³/mol. The van der Waals surface area contributed by atoms with Crippen molar-refractivity contribution in [2.24, 2.45) is 5.73 Å². The zero-order chi connectivity index (χ0) is 11.1. The van der Waals surface area contributed by atoms with E-state index in [2.05, 4.69) is 11.5 Å². The minimum atomic E-state index is -0.353. The van der Waals surface area contributed by atoms with Crippen LogP contribution in [0.2, 0.25) is 0 Å². The Morgan fingerprint density at radius 2 is 2.47 bits per heavy atom. The van der Waals surface area contributed by atoms with Crippen LogP contribution in [0.15, 0.2) is 46.9 Å². The van der Waals surface area contributed by atoms with Gasteiger partial charge in [-0.05, 0) is 30.7 Å². The average Bonchev–Trinajstić information content (AvgIpc) is 2.27. The van der Waals surface area contributed by atoms with Crippen LogP contribution in [0.25, 0.3) is 0 Å². The third-order valence-corrected chi connectivity index (χ3v) is 1.81. The Labute approximate surface area is 88.9 Å². The van der Waals surface area contributed by atoms with Crippen LogP contribution < -0.4 is 5.73 Å². The van der Waals surface area contributed by atoms with Crippen molar-refractivity contribution >= 4 is 5.97 Å². The van der Waals surface area contributed by atoms with Crippen LogP contribution >= 0.6 is 0 Å². The summed E-state index contributed by atoms with van der Waals surface area (Å²) in [6, 6.07) is 0. The first-order valence-corrected chi connectivity index (χ1v) is 4.74. The summed E-state index contributed by atoms with van der Waals surface area (Å²) in [7, 11) is 0. The molecule has 1 aliphatic carbocycles. The molecule has 1 aliphatic rings. The average molecular weight is 203 g/mol. The Bertz CT molecular complexity index is 403. The van der Waals surface area contributed by atoms with Crippen molar-refractivity contribution < 1.29 is 9.53 Å². The van der Waals surface area contributed by atoms with Crippen molar-refractivity contribution in [2.45, 2.75) is 6.92 Å². The molecule has 0 unspecified atom stereocenters. The lowest BCUT2D eigenvalue weighted by molar-refractivity contribution is -0.137. The van der Waals surface area contributed by atoms with Gasteiger partial charge in [0.25, 0.3) is 0 Å². The predicted octanol–water partition coefficient (Wildman–Crippen LogP) is 1.24. The largest absolute Gasteiger partial charge is 0.463 e. The van der Waals surface area contributed by atoms with Crippen molar-refractivity contribution in [3.8, 4) is 0 Å². The van der Waals surface area contributed by atoms with Gasteiger partial charge in [0, 0.05) is 18.2 Å².